The van der Waals surface area contributed by atoms with Gasteiger partial charge in [-0.2, -0.15) is 0 Å². The molecule has 1 aliphatic carbocycles. The summed E-state index contributed by atoms with van der Waals surface area (Å²) in [6.45, 7) is 3.86. The number of carbonyl (C=O) groups is 2. The van der Waals surface area contributed by atoms with E-state index in [0.29, 0.717) is 5.02 Å². The molecule has 21 heavy (non-hydrogen) atoms. The Labute approximate surface area is 129 Å². The van der Waals surface area contributed by atoms with E-state index in [1.54, 1.807) is 12.1 Å². The van der Waals surface area contributed by atoms with Crippen molar-refractivity contribution in [2.75, 3.05) is 6.54 Å². The number of benzene rings is 1. The zero-order valence-electron chi connectivity index (χ0n) is 12.2. The summed E-state index contributed by atoms with van der Waals surface area (Å²) >= 11 is 5.87. The molecule has 0 bridgehead atoms. The van der Waals surface area contributed by atoms with Crippen molar-refractivity contribution in [2.45, 2.75) is 32.1 Å². The van der Waals surface area contributed by atoms with Crippen molar-refractivity contribution in [3.63, 3.8) is 0 Å². The van der Waals surface area contributed by atoms with Crippen LogP contribution in [0.2, 0.25) is 5.02 Å². The molecule has 1 saturated carbocycles. The number of rotatable bonds is 6. The fourth-order valence-corrected chi connectivity index (χ4v) is 2.65. The van der Waals surface area contributed by atoms with Crippen LogP contribution >= 0.6 is 11.6 Å². The van der Waals surface area contributed by atoms with Crippen molar-refractivity contribution in [1.82, 2.24) is 5.32 Å². The highest BCUT2D eigenvalue weighted by Gasteiger charge is 2.51. The van der Waals surface area contributed by atoms with Gasteiger partial charge in [0, 0.05) is 11.6 Å². The Morgan fingerprint density at radius 1 is 1.29 bits per heavy atom. The largest absolute Gasteiger partial charge is 0.481 e. The summed E-state index contributed by atoms with van der Waals surface area (Å²) in [5.74, 6) is -1.54. The van der Waals surface area contributed by atoms with Crippen LogP contribution in [0.4, 0.5) is 0 Å². The van der Waals surface area contributed by atoms with Gasteiger partial charge in [0.25, 0.3) is 0 Å². The van der Waals surface area contributed by atoms with E-state index in [9.17, 15) is 9.59 Å². The zero-order chi connectivity index (χ0) is 15.6. The Kier molecular flexibility index (Phi) is 4.57. The lowest BCUT2D eigenvalue weighted by atomic mass is 9.93. The lowest BCUT2D eigenvalue weighted by Crippen LogP contribution is -2.40. The van der Waals surface area contributed by atoms with Gasteiger partial charge in [0.1, 0.15) is 0 Å². The smallest absolute Gasteiger partial charge is 0.308 e. The molecule has 2 rings (SSSR count). The number of hydrogen-bond donors (Lipinski definition) is 2. The maximum Gasteiger partial charge on any atom is 0.308 e. The third-order valence-corrected chi connectivity index (χ3v) is 4.44. The lowest BCUT2D eigenvalue weighted by Gasteiger charge is -2.20. The molecule has 0 heterocycles. The van der Waals surface area contributed by atoms with Crippen LogP contribution in [0.15, 0.2) is 24.3 Å². The fraction of sp³-hybridized carbons (Fsp3) is 0.500. The monoisotopic (exact) mass is 309 g/mol. The molecule has 1 aromatic carbocycles. The Balaban J connectivity index is 2.03. The molecule has 0 spiro atoms. The molecule has 1 aromatic rings. The third-order valence-electron chi connectivity index (χ3n) is 4.19. The molecule has 0 aromatic heterocycles. The quantitative estimate of drug-likeness (QED) is 0.849. The van der Waals surface area contributed by atoms with Gasteiger partial charge in [-0.15, -0.1) is 0 Å². The maximum atomic E-state index is 12.4. The summed E-state index contributed by atoms with van der Waals surface area (Å²) in [6, 6.07) is 7.29. The zero-order valence-corrected chi connectivity index (χ0v) is 13.0. The van der Waals surface area contributed by atoms with Gasteiger partial charge in [0.15, 0.2) is 0 Å². The Morgan fingerprint density at radius 2 is 1.86 bits per heavy atom. The minimum absolute atomic E-state index is 0.0199. The highest BCUT2D eigenvalue weighted by atomic mass is 35.5. The van der Waals surface area contributed by atoms with Crippen molar-refractivity contribution in [3.05, 3.63) is 34.9 Å². The average molecular weight is 310 g/mol. The molecule has 2 N–H and O–H groups in total. The van der Waals surface area contributed by atoms with E-state index < -0.39 is 17.3 Å². The molecule has 5 heteroatoms. The van der Waals surface area contributed by atoms with Gasteiger partial charge in [-0.1, -0.05) is 37.6 Å². The van der Waals surface area contributed by atoms with E-state index in [-0.39, 0.29) is 18.4 Å². The van der Waals surface area contributed by atoms with Crippen LogP contribution in [0.3, 0.4) is 0 Å². The second-order valence-electron chi connectivity index (χ2n) is 5.99. The Bertz CT molecular complexity index is 535. The number of hydrogen-bond acceptors (Lipinski definition) is 2. The van der Waals surface area contributed by atoms with Crippen molar-refractivity contribution >= 4 is 23.5 Å². The predicted molar refractivity (Wildman–Crippen MR) is 81.3 cm³/mol. The standard InChI is InChI=1S/C16H20ClNO3/c1-10(2)13(14(19)20)9-18-15(21)16(7-8-16)11-3-5-12(17)6-4-11/h3-6,10,13H,7-9H2,1-2H3,(H,18,21)(H,19,20). The summed E-state index contributed by atoms with van der Waals surface area (Å²) in [5, 5.41) is 12.6. The van der Waals surface area contributed by atoms with Crippen molar-refractivity contribution in [1.29, 1.82) is 0 Å². The fourth-order valence-electron chi connectivity index (χ4n) is 2.52. The summed E-state index contributed by atoms with van der Waals surface area (Å²) < 4.78 is 0. The number of amides is 1. The first kappa shape index (κ1) is 15.8. The van der Waals surface area contributed by atoms with Crippen LogP contribution in [0.5, 0.6) is 0 Å². The second kappa shape index (κ2) is 6.06. The topological polar surface area (TPSA) is 66.4 Å². The summed E-state index contributed by atoms with van der Waals surface area (Å²) in [4.78, 5) is 23.6. The number of carboxylic acid groups (broad SMARTS) is 1. The van der Waals surface area contributed by atoms with Crippen LogP contribution in [0.25, 0.3) is 0 Å². The highest BCUT2D eigenvalue weighted by molar-refractivity contribution is 6.30. The lowest BCUT2D eigenvalue weighted by molar-refractivity contribution is -0.143. The first-order chi connectivity index (χ1) is 9.86. The third kappa shape index (κ3) is 3.38. The molecule has 0 saturated heterocycles. The number of nitrogens with one attached hydrogen (secondary N) is 1. The molecule has 1 unspecified atom stereocenters. The molecule has 1 aliphatic rings. The van der Waals surface area contributed by atoms with Gasteiger partial charge < -0.3 is 10.4 Å². The summed E-state index contributed by atoms with van der Waals surface area (Å²) in [6.07, 6.45) is 1.58. The van der Waals surface area contributed by atoms with E-state index in [4.69, 9.17) is 16.7 Å². The van der Waals surface area contributed by atoms with Crippen LogP contribution in [-0.4, -0.2) is 23.5 Å². The highest BCUT2D eigenvalue weighted by Crippen LogP contribution is 2.48. The van der Waals surface area contributed by atoms with Crippen LogP contribution < -0.4 is 5.32 Å². The molecule has 0 radical (unpaired) electrons. The summed E-state index contributed by atoms with van der Waals surface area (Å²) in [5.41, 5.74) is 0.450. The van der Waals surface area contributed by atoms with Gasteiger partial charge >= 0.3 is 5.97 Å². The van der Waals surface area contributed by atoms with Crippen LogP contribution in [0, 0.1) is 11.8 Å². The number of aliphatic carboxylic acids is 1. The van der Waals surface area contributed by atoms with Gasteiger partial charge in [0.2, 0.25) is 5.91 Å². The van der Waals surface area contributed by atoms with Gasteiger partial charge in [-0.3, -0.25) is 9.59 Å². The molecular formula is C16H20ClNO3. The van der Waals surface area contributed by atoms with Crippen LogP contribution in [-0.2, 0) is 15.0 Å². The molecular weight excluding hydrogens is 290 g/mol. The molecule has 114 valence electrons. The average Bonchev–Trinajstić information content (AvgIpc) is 3.20. The molecule has 1 amide bonds. The number of carbonyl (C=O) groups excluding carboxylic acids is 1. The predicted octanol–water partition coefficient (Wildman–Crippen LogP) is 2.84. The van der Waals surface area contributed by atoms with Gasteiger partial charge in [0.05, 0.1) is 11.3 Å². The minimum Gasteiger partial charge on any atom is -0.481 e. The van der Waals surface area contributed by atoms with Gasteiger partial charge in [-0.05, 0) is 36.5 Å². The maximum absolute atomic E-state index is 12.4. The first-order valence-corrected chi connectivity index (χ1v) is 7.52. The van der Waals surface area contributed by atoms with Crippen molar-refractivity contribution in [2.24, 2.45) is 11.8 Å². The normalized spacial score (nSPS) is 17.3. The molecule has 1 fully saturated rings. The van der Waals surface area contributed by atoms with Crippen molar-refractivity contribution < 1.29 is 14.7 Å². The van der Waals surface area contributed by atoms with Gasteiger partial charge in [-0.25, -0.2) is 0 Å². The van der Waals surface area contributed by atoms with E-state index in [1.807, 2.05) is 26.0 Å². The minimum atomic E-state index is -0.873. The molecule has 4 nitrogen and oxygen atoms in total. The van der Waals surface area contributed by atoms with Crippen LogP contribution in [0.1, 0.15) is 32.3 Å². The molecule has 0 aliphatic heterocycles. The van der Waals surface area contributed by atoms with E-state index in [2.05, 4.69) is 5.32 Å². The second-order valence-corrected chi connectivity index (χ2v) is 6.42. The Morgan fingerprint density at radius 3 is 2.29 bits per heavy atom. The SMILES string of the molecule is CC(C)C(CNC(=O)C1(c2ccc(Cl)cc2)CC1)C(=O)O. The van der Waals surface area contributed by atoms with E-state index in [1.165, 1.54) is 0 Å². The van der Waals surface area contributed by atoms with Crippen molar-refractivity contribution in [3.8, 4) is 0 Å². The first-order valence-electron chi connectivity index (χ1n) is 7.14. The summed E-state index contributed by atoms with van der Waals surface area (Å²) in [7, 11) is 0. The molecule has 1 atom stereocenters. The Hall–Kier alpha value is -1.55. The number of carboxylic acids is 1. The number of halogens is 1. The van der Waals surface area contributed by atoms with E-state index in [0.717, 1.165) is 18.4 Å². The van der Waals surface area contributed by atoms with E-state index >= 15 is 0 Å².